The van der Waals surface area contributed by atoms with Crippen molar-refractivity contribution in [2.45, 2.75) is 64.6 Å². The van der Waals surface area contributed by atoms with Crippen molar-refractivity contribution < 1.29 is 9.53 Å². The molecule has 2 atom stereocenters. The molecule has 0 saturated heterocycles. The first-order valence-electron chi connectivity index (χ1n) is 7.39. The zero-order chi connectivity index (χ0) is 16.3. The molecule has 0 fully saturated rings. The zero-order valence-corrected chi connectivity index (χ0v) is 15.0. The summed E-state index contributed by atoms with van der Waals surface area (Å²) in [6.07, 6.45) is 4.36. The second-order valence-electron chi connectivity index (χ2n) is 5.89. The number of hydrogen-bond donors (Lipinski definition) is 2. The third-order valence-corrected chi connectivity index (χ3v) is 3.59. The van der Waals surface area contributed by atoms with Crippen LogP contribution in [0.3, 0.4) is 0 Å². The van der Waals surface area contributed by atoms with Gasteiger partial charge in [-0.2, -0.15) is 11.8 Å². The van der Waals surface area contributed by atoms with Crippen LogP contribution in [0.1, 0.15) is 47.0 Å². The number of carbonyl (C=O) groups is 1. The number of likely N-dealkylation sites (N-methyl/N-ethyl adjacent to an activating group) is 1. The normalized spacial score (nSPS) is 13.8. The molecule has 5 heteroatoms. The van der Waals surface area contributed by atoms with Gasteiger partial charge in [-0.25, -0.2) is 4.79 Å². The first-order chi connectivity index (χ1) is 9.84. The van der Waals surface area contributed by atoms with Crippen LogP contribution in [0.25, 0.3) is 0 Å². The summed E-state index contributed by atoms with van der Waals surface area (Å²) in [4.78, 5) is 12.0. The predicted octanol–water partition coefficient (Wildman–Crippen LogP) is 3.02. The van der Waals surface area contributed by atoms with Crippen molar-refractivity contribution in [3.05, 3.63) is 0 Å². The molecule has 0 aromatic rings. The lowest BCUT2D eigenvalue weighted by Gasteiger charge is -2.29. The summed E-state index contributed by atoms with van der Waals surface area (Å²) < 4.78 is 5.36. The van der Waals surface area contributed by atoms with Crippen LogP contribution < -0.4 is 10.6 Å². The lowest BCUT2D eigenvalue weighted by atomic mass is 10.0. The molecule has 1 amide bonds. The van der Waals surface area contributed by atoms with Crippen LogP contribution >= 0.6 is 11.8 Å². The topological polar surface area (TPSA) is 50.4 Å². The monoisotopic (exact) mass is 314 g/mol. The number of ether oxygens (including phenoxy) is 1. The van der Waals surface area contributed by atoms with Gasteiger partial charge >= 0.3 is 6.09 Å². The van der Waals surface area contributed by atoms with E-state index >= 15 is 0 Å². The maximum absolute atomic E-state index is 12.0. The number of carbonyl (C=O) groups excluding carboxylic acids is 1. The van der Waals surface area contributed by atoms with Crippen molar-refractivity contribution in [1.82, 2.24) is 10.6 Å². The van der Waals surface area contributed by atoms with Gasteiger partial charge in [0.25, 0.3) is 0 Å². The molecule has 2 N–H and O–H groups in total. The molecule has 0 radical (unpaired) electrons. The Morgan fingerprint density at radius 1 is 1.29 bits per heavy atom. The SMILES string of the molecule is CC#CCCC(NC)[C@@H](CCSC)NC(=O)OC(C)(C)C. The molecule has 0 saturated carbocycles. The average Bonchev–Trinajstić information content (AvgIpc) is 2.38. The summed E-state index contributed by atoms with van der Waals surface area (Å²) in [6.45, 7) is 7.46. The standard InChI is InChI=1S/C16H30N2O2S/c1-7-8-9-10-13(17-5)14(11-12-21-6)18-15(19)20-16(2,3)4/h13-14,17H,9-12H2,1-6H3,(H,18,19)/t13?,14-/m1/s1. The van der Waals surface area contributed by atoms with Gasteiger partial charge in [0.2, 0.25) is 0 Å². The summed E-state index contributed by atoms with van der Waals surface area (Å²) in [6, 6.07) is 0.251. The highest BCUT2D eigenvalue weighted by Crippen LogP contribution is 2.12. The number of thioether (sulfide) groups is 1. The van der Waals surface area contributed by atoms with Gasteiger partial charge in [-0.05, 0) is 59.6 Å². The van der Waals surface area contributed by atoms with E-state index in [0.717, 1.165) is 25.0 Å². The van der Waals surface area contributed by atoms with Gasteiger partial charge in [0.05, 0.1) is 0 Å². The minimum Gasteiger partial charge on any atom is -0.444 e. The van der Waals surface area contributed by atoms with Crippen LogP contribution in [-0.4, -0.2) is 42.8 Å². The number of rotatable bonds is 8. The molecule has 0 aliphatic carbocycles. The highest BCUT2D eigenvalue weighted by atomic mass is 32.2. The molecule has 0 spiro atoms. The van der Waals surface area contributed by atoms with Gasteiger partial charge in [0.1, 0.15) is 5.60 Å². The number of nitrogens with one attached hydrogen (secondary N) is 2. The van der Waals surface area contributed by atoms with Gasteiger partial charge < -0.3 is 15.4 Å². The zero-order valence-electron chi connectivity index (χ0n) is 14.2. The Morgan fingerprint density at radius 3 is 2.43 bits per heavy atom. The Morgan fingerprint density at radius 2 is 1.95 bits per heavy atom. The lowest BCUT2D eigenvalue weighted by molar-refractivity contribution is 0.0491. The van der Waals surface area contributed by atoms with Crippen molar-refractivity contribution in [2.24, 2.45) is 0 Å². The molecule has 0 heterocycles. The fourth-order valence-corrected chi connectivity index (χ4v) is 2.47. The minimum absolute atomic E-state index is 0.0518. The quantitative estimate of drug-likeness (QED) is 0.676. The molecule has 0 rings (SSSR count). The Balaban J connectivity index is 4.64. The van der Waals surface area contributed by atoms with Crippen LogP contribution in [0.4, 0.5) is 4.79 Å². The van der Waals surface area contributed by atoms with Crippen LogP contribution in [0, 0.1) is 11.8 Å². The molecule has 0 aromatic carbocycles. The Bertz CT molecular complexity index is 356. The maximum Gasteiger partial charge on any atom is 0.407 e. The van der Waals surface area contributed by atoms with E-state index in [4.69, 9.17) is 4.74 Å². The predicted molar refractivity (Wildman–Crippen MR) is 91.7 cm³/mol. The van der Waals surface area contributed by atoms with E-state index in [2.05, 4.69) is 28.7 Å². The number of alkyl carbamates (subject to hydrolysis) is 1. The highest BCUT2D eigenvalue weighted by Gasteiger charge is 2.24. The average molecular weight is 314 g/mol. The van der Waals surface area contributed by atoms with Crippen LogP contribution in [0.5, 0.6) is 0 Å². The lowest BCUT2D eigenvalue weighted by Crippen LogP contribution is -2.50. The van der Waals surface area contributed by atoms with E-state index in [1.54, 1.807) is 11.8 Å². The van der Waals surface area contributed by atoms with Gasteiger partial charge in [0.15, 0.2) is 0 Å². The Labute approximate surface area is 134 Å². The van der Waals surface area contributed by atoms with Crippen LogP contribution in [0.15, 0.2) is 0 Å². The van der Waals surface area contributed by atoms with Crippen LogP contribution in [-0.2, 0) is 4.74 Å². The summed E-state index contributed by atoms with van der Waals surface area (Å²) >= 11 is 1.78. The Kier molecular flexibility index (Phi) is 10.4. The van der Waals surface area contributed by atoms with E-state index in [9.17, 15) is 4.79 Å². The number of amides is 1. The molecular weight excluding hydrogens is 284 g/mol. The van der Waals surface area contributed by atoms with Gasteiger partial charge in [-0.1, -0.05) is 0 Å². The van der Waals surface area contributed by atoms with E-state index in [0.29, 0.717) is 0 Å². The molecular formula is C16H30N2O2S. The minimum atomic E-state index is -0.475. The first kappa shape index (κ1) is 20.1. The summed E-state index contributed by atoms with van der Waals surface area (Å²) in [7, 11) is 1.92. The molecule has 0 aliphatic rings. The Hall–Kier alpha value is -0.860. The van der Waals surface area contributed by atoms with Crippen LogP contribution in [0.2, 0.25) is 0 Å². The van der Waals surface area contributed by atoms with E-state index in [1.165, 1.54) is 0 Å². The van der Waals surface area contributed by atoms with E-state index < -0.39 is 5.60 Å². The van der Waals surface area contributed by atoms with E-state index in [-0.39, 0.29) is 18.2 Å². The summed E-state index contributed by atoms with van der Waals surface area (Å²) in [5.74, 6) is 6.98. The fraction of sp³-hybridized carbons (Fsp3) is 0.812. The third-order valence-electron chi connectivity index (χ3n) is 2.95. The van der Waals surface area contributed by atoms with Crippen molar-refractivity contribution in [3.8, 4) is 11.8 Å². The summed E-state index contributed by atoms with van der Waals surface area (Å²) in [5, 5.41) is 6.29. The van der Waals surface area contributed by atoms with Gasteiger partial charge in [0, 0.05) is 18.5 Å². The van der Waals surface area contributed by atoms with E-state index in [1.807, 2.05) is 34.7 Å². The molecule has 1 unspecified atom stereocenters. The van der Waals surface area contributed by atoms with Gasteiger partial charge in [-0.3, -0.25) is 0 Å². The molecule has 21 heavy (non-hydrogen) atoms. The smallest absolute Gasteiger partial charge is 0.407 e. The highest BCUT2D eigenvalue weighted by molar-refractivity contribution is 7.98. The maximum atomic E-state index is 12.0. The van der Waals surface area contributed by atoms with Crippen molar-refractivity contribution in [3.63, 3.8) is 0 Å². The van der Waals surface area contributed by atoms with Crippen molar-refractivity contribution in [2.75, 3.05) is 19.1 Å². The van der Waals surface area contributed by atoms with Crippen molar-refractivity contribution in [1.29, 1.82) is 0 Å². The third kappa shape index (κ3) is 10.5. The van der Waals surface area contributed by atoms with Gasteiger partial charge in [-0.15, -0.1) is 11.8 Å². The number of hydrogen-bond acceptors (Lipinski definition) is 4. The first-order valence-corrected chi connectivity index (χ1v) is 8.78. The second kappa shape index (κ2) is 10.8. The van der Waals surface area contributed by atoms with Crippen molar-refractivity contribution >= 4 is 17.9 Å². The largest absolute Gasteiger partial charge is 0.444 e. The fourth-order valence-electron chi connectivity index (χ4n) is 1.98. The molecule has 0 bridgehead atoms. The second-order valence-corrected chi connectivity index (χ2v) is 6.88. The molecule has 4 nitrogen and oxygen atoms in total. The molecule has 0 aromatic heterocycles. The summed E-state index contributed by atoms with van der Waals surface area (Å²) in [5.41, 5.74) is -0.475. The molecule has 0 aliphatic heterocycles. The molecule has 122 valence electrons.